The van der Waals surface area contributed by atoms with Crippen molar-refractivity contribution in [1.82, 2.24) is 5.32 Å². The molecule has 2 rings (SSSR count). The van der Waals surface area contributed by atoms with E-state index >= 15 is 0 Å². The molecule has 1 aromatic carbocycles. The van der Waals surface area contributed by atoms with Gasteiger partial charge in [-0.15, -0.1) is 0 Å². The first kappa shape index (κ1) is 13.8. The quantitative estimate of drug-likeness (QED) is 0.868. The van der Waals surface area contributed by atoms with Crippen molar-refractivity contribution in [3.8, 4) is 5.75 Å². The molecule has 1 fully saturated rings. The molecule has 1 amide bonds. The topological polar surface area (TPSA) is 64.3 Å². The third kappa shape index (κ3) is 2.56. The highest BCUT2D eigenvalue weighted by atomic mass is 19.1. The number of hydrogen-bond acceptors (Lipinski definition) is 3. The van der Waals surface area contributed by atoms with Gasteiger partial charge in [0.05, 0.1) is 0 Å². The molecule has 0 radical (unpaired) electrons. The third-order valence-corrected chi connectivity index (χ3v) is 3.87. The lowest BCUT2D eigenvalue weighted by molar-refractivity contribution is -0.124. The summed E-state index contributed by atoms with van der Waals surface area (Å²) in [6, 6.07) is 5.05. The van der Waals surface area contributed by atoms with Crippen LogP contribution >= 0.6 is 0 Å². The minimum atomic E-state index is -0.731. The van der Waals surface area contributed by atoms with Crippen LogP contribution in [0.1, 0.15) is 24.8 Å². The molecule has 0 aromatic heterocycles. The van der Waals surface area contributed by atoms with Gasteiger partial charge in [-0.25, -0.2) is 4.39 Å². The second-order valence-corrected chi connectivity index (χ2v) is 5.07. The lowest BCUT2D eigenvalue weighted by Crippen LogP contribution is -2.52. The number of ether oxygens (including phenoxy) is 1. The highest BCUT2D eigenvalue weighted by Gasteiger charge is 2.44. The number of benzene rings is 1. The van der Waals surface area contributed by atoms with E-state index in [2.05, 4.69) is 5.32 Å². The summed E-state index contributed by atoms with van der Waals surface area (Å²) in [6.45, 7) is 1.69. The van der Waals surface area contributed by atoms with E-state index < -0.39 is 5.54 Å². The van der Waals surface area contributed by atoms with Crippen molar-refractivity contribution in [2.24, 2.45) is 5.73 Å². The van der Waals surface area contributed by atoms with Crippen molar-refractivity contribution in [2.45, 2.75) is 37.8 Å². The van der Waals surface area contributed by atoms with Gasteiger partial charge in [0.15, 0.2) is 11.6 Å². The average Bonchev–Trinajstić information content (AvgIpc) is 2.80. The Labute approximate surface area is 112 Å². The smallest absolute Gasteiger partial charge is 0.237 e. The number of nitrogens with one attached hydrogen (secondary N) is 1. The first-order valence-electron chi connectivity index (χ1n) is 6.39. The van der Waals surface area contributed by atoms with Crippen molar-refractivity contribution in [1.29, 1.82) is 0 Å². The second kappa shape index (κ2) is 5.17. The molecule has 2 atom stereocenters. The lowest BCUT2D eigenvalue weighted by Gasteiger charge is -2.24. The zero-order chi connectivity index (χ0) is 14.0. The van der Waals surface area contributed by atoms with E-state index in [1.54, 1.807) is 32.2 Å². The minimum absolute atomic E-state index is 0.198. The Bertz CT molecular complexity index is 492. The lowest BCUT2D eigenvalue weighted by atomic mass is 9.97. The third-order valence-electron chi connectivity index (χ3n) is 3.87. The van der Waals surface area contributed by atoms with Gasteiger partial charge in [-0.2, -0.15) is 0 Å². The normalized spacial score (nSPS) is 26.4. The summed E-state index contributed by atoms with van der Waals surface area (Å²) in [4.78, 5) is 11.5. The Kier molecular flexibility index (Phi) is 3.75. The van der Waals surface area contributed by atoms with E-state index in [-0.39, 0.29) is 23.6 Å². The first-order valence-corrected chi connectivity index (χ1v) is 6.39. The number of likely N-dealkylation sites (N-methyl/N-ethyl adjacent to an activating group) is 1. The Morgan fingerprint density at radius 3 is 2.89 bits per heavy atom. The first-order chi connectivity index (χ1) is 8.98. The number of aryl methyl sites for hydroxylation is 1. The van der Waals surface area contributed by atoms with E-state index in [0.717, 1.165) is 0 Å². The summed E-state index contributed by atoms with van der Waals surface area (Å²) in [5.41, 5.74) is 5.24. The summed E-state index contributed by atoms with van der Waals surface area (Å²) in [5, 5.41) is 2.97. The highest BCUT2D eigenvalue weighted by molar-refractivity contribution is 5.85. The fourth-order valence-corrected chi connectivity index (χ4v) is 2.57. The predicted molar refractivity (Wildman–Crippen MR) is 70.4 cm³/mol. The van der Waals surface area contributed by atoms with Crippen LogP contribution in [0.3, 0.4) is 0 Å². The number of primary amides is 1. The van der Waals surface area contributed by atoms with Crippen LogP contribution in [0.25, 0.3) is 0 Å². The largest absolute Gasteiger partial charge is 0.487 e. The monoisotopic (exact) mass is 266 g/mol. The molecule has 3 N–H and O–H groups in total. The minimum Gasteiger partial charge on any atom is -0.487 e. The fourth-order valence-electron chi connectivity index (χ4n) is 2.57. The number of carbonyl (C=O) groups is 1. The SMILES string of the molecule is CNC1(C(N)=O)CCC(Oc2cccc(C)c2F)C1. The van der Waals surface area contributed by atoms with Gasteiger partial charge in [0.1, 0.15) is 11.6 Å². The molecule has 0 aliphatic heterocycles. The Hall–Kier alpha value is -1.62. The number of amides is 1. The van der Waals surface area contributed by atoms with Gasteiger partial charge in [-0.1, -0.05) is 12.1 Å². The number of halogens is 1. The van der Waals surface area contributed by atoms with Crippen molar-refractivity contribution in [3.63, 3.8) is 0 Å². The van der Waals surface area contributed by atoms with Crippen molar-refractivity contribution < 1.29 is 13.9 Å². The van der Waals surface area contributed by atoms with Gasteiger partial charge in [-0.3, -0.25) is 4.79 Å². The van der Waals surface area contributed by atoms with Gasteiger partial charge in [-0.05, 0) is 38.4 Å². The number of carbonyl (C=O) groups excluding carboxylic acids is 1. The fraction of sp³-hybridized carbons (Fsp3) is 0.500. The standard InChI is InChI=1S/C14H19FN2O2/c1-9-4-3-5-11(12(9)15)19-10-6-7-14(8-10,17-2)13(16)18/h3-5,10,17H,6-8H2,1-2H3,(H2,16,18). The molecule has 1 aromatic rings. The van der Waals surface area contributed by atoms with Crippen LogP contribution in [0.2, 0.25) is 0 Å². The molecule has 2 unspecified atom stereocenters. The molecule has 0 bridgehead atoms. The molecular weight excluding hydrogens is 247 g/mol. The predicted octanol–water partition coefficient (Wildman–Crippen LogP) is 1.51. The summed E-state index contributed by atoms with van der Waals surface area (Å²) < 4.78 is 19.5. The highest BCUT2D eigenvalue weighted by Crippen LogP contribution is 2.33. The maximum absolute atomic E-state index is 13.9. The van der Waals surface area contributed by atoms with Gasteiger partial charge < -0.3 is 15.8 Å². The summed E-state index contributed by atoms with van der Waals surface area (Å²) in [6.07, 6.45) is 1.55. The molecule has 104 valence electrons. The molecule has 19 heavy (non-hydrogen) atoms. The van der Waals surface area contributed by atoms with Crippen LogP contribution in [0.15, 0.2) is 18.2 Å². The van der Waals surface area contributed by atoms with E-state index in [9.17, 15) is 9.18 Å². The van der Waals surface area contributed by atoms with Gasteiger partial charge >= 0.3 is 0 Å². The Balaban J connectivity index is 2.10. The Morgan fingerprint density at radius 2 is 2.32 bits per heavy atom. The molecule has 0 saturated heterocycles. The van der Waals surface area contributed by atoms with Crippen LogP contribution in [0, 0.1) is 12.7 Å². The molecule has 0 spiro atoms. The second-order valence-electron chi connectivity index (χ2n) is 5.07. The molecule has 0 heterocycles. The number of hydrogen-bond donors (Lipinski definition) is 2. The molecule has 4 nitrogen and oxygen atoms in total. The molecular formula is C14H19FN2O2. The van der Waals surface area contributed by atoms with Crippen molar-refractivity contribution >= 4 is 5.91 Å². The van der Waals surface area contributed by atoms with Crippen LogP contribution in [-0.2, 0) is 4.79 Å². The zero-order valence-corrected chi connectivity index (χ0v) is 11.2. The van der Waals surface area contributed by atoms with Crippen LogP contribution in [0.5, 0.6) is 5.75 Å². The van der Waals surface area contributed by atoms with Gasteiger partial charge in [0, 0.05) is 6.42 Å². The van der Waals surface area contributed by atoms with Crippen LogP contribution in [0.4, 0.5) is 4.39 Å². The van der Waals surface area contributed by atoms with Gasteiger partial charge in [0.2, 0.25) is 5.91 Å². The van der Waals surface area contributed by atoms with E-state index in [0.29, 0.717) is 24.8 Å². The van der Waals surface area contributed by atoms with E-state index in [1.165, 1.54) is 0 Å². The zero-order valence-electron chi connectivity index (χ0n) is 11.2. The Morgan fingerprint density at radius 1 is 1.58 bits per heavy atom. The molecule has 5 heteroatoms. The van der Waals surface area contributed by atoms with Gasteiger partial charge in [0.25, 0.3) is 0 Å². The number of nitrogens with two attached hydrogens (primary N) is 1. The van der Waals surface area contributed by atoms with E-state index in [1.807, 2.05) is 0 Å². The summed E-state index contributed by atoms with van der Waals surface area (Å²) >= 11 is 0. The summed E-state index contributed by atoms with van der Waals surface area (Å²) in [5.74, 6) is -0.490. The van der Waals surface area contributed by atoms with Crippen molar-refractivity contribution in [2.75, 3.05) is 7.05 Å². The van der Waals surface area contributed by atoms with Crippen molar-refractivity contribution in [3.05, 3.63) is 29.6 Å². The summed E-state index contributed by atoms with van der Waals surface area (Å²) in [7, 11) is 1.71. The van der Waals surface area contributed by atoms with Crippen LogP contribution in [-0.4, -0.2) is 24.6 Å². The molecule has 1 aliphatic carbocycles. The molecule has 1 saturated carbocycles. The van der Waals surface area contributed by atoms with E-state index in [4.69, 9.17) is 10.5 Å². The number of rotatable bonds is 4. The maximum atomic E-state index is 13.9. The van der Waals surface area contributed by atoms with Crippen LogP contribution < -0.4 is 15.8 Å². The average molecular weight is 266 g/mol. The molecule has 1 aliphatic rings. The maximum Gasteiger partial charge on any atom is 0.237 e.